The van der Waals surface area contributed by atoms with Crippen LogP contribution >= 0.6 is 0 Å². The van der Waals surface area contributed by atoms with Gasteiger partial charge in [0.05, 0.1) is 12.0 Å². The van der Waals surface area contributed by atoms with Gasteiger partial charge in [0.2, 0.25) is 0 Å². The Morgan fingerprint density at radius 2 is 1.84 bits per heavy atom. The molecule has 3 rings (SSSR count). The van der Waals surface area contributed by atoms with Crippen LogP contribution in [0.5, 0.6) is 0 Å². The quantitative estimate of drug-likeness (QED) is 0.324. The highest BCUT2D eigenvalue weighted by Crippen LogP contribution is 2.20. The smallest absolute Gasteiger partial charge is 0.190 e. The van der Waals surface area contributed by atoms with Gasteiger partial charge in [-0.1, -0.05) is 12.1 Å². The van der Waals surface area contributed by atoms with Crippen molar-refractivity contribution in [2.24, 2.45) is 4.99 Å². The Morgan fingerprint density at radius 1 is 1.06 bits per heavy atom. The van der Waals surface area contributed by atoms with Crippen LogP contribution < -0.4 is 15.5 Å². The number of nitrogens with one attached hydrogen (secondary N) is 2. The SMILES string of the molecule is CN=C(NCCCOCc1ccco1)NCCCN1CCN(c2ccccc2F)CC1. The van der Waals surface area contributed by atoms with Crippen LogP contribution in [-0.2, 0) is 11.3 Å². The topological polar surface area (TPSA) is 65.3 Å². The number of guanidine groups is 1. The van der Waals surface area contributed by atoms with E-state index in [9.17, 15) is 4.39 Å². The summed E-state index contributed by atoms with van der Waals surface area (Å²) in [4.78, 5) is 8.83. The van der Waals surface area contributed by atoms with Gasteiger partial charge in [0.15, 0.2) is 5.96 Å². The molecule has 0 radical (unpaired) electrons. The van der Waals surface area contributed by atoms with Gasteiger partial charge < -0.3 is 24.7 Å². The summed E-state index contributed by atoms with van der Waals surface area (Å²) in [5.41, 5.74) is 0.713. The van der Waals surface area contributed by atoms with E-state index in [1.807, 2.05) is 24.3 Å². The van der Waals surface area contributed by atoms with Gasteiger partial charge in [0.1, 0.15) is 18.2 Å². The third-order valence-corrected chi connectivity index (χ3v) is 5.31. The van der Waals surface area contributed by atoms with Gasteiger partial charge in [-0.25, -0.2) is 4.39 Å². The predicted molar refractivity (Wildman–Crippen MR) is 122 cm³/mol. The Morgan fingerprint density at radius 3 is 2.55 bits per heavy atom. The molecule has 8 heteroatoms. The van der Waals surface area contributed by atoms with E-state index in [0.717, 1.165) is 70.4 Å². The zero-order valence-electron chi connectivity index (χ0n) is 18.4. The van der Waals surface area contributed by atoms with Crippen LogP contribution in [0.15, 0.2) is 52.1 Å². The molecule has 0 amide bonds. The molecule has 1 aliphatic rings. The van der Waals surface area contributed by atoms with Crippen LogP contribution in [-0.4, -0.2) is 70.3 Å². The lowest BCUT2D eigenvalue weighted by Gasteiger charge is -2.36. The zero-order chi connectivity index (χ0) is 21.7. The van der Waals surface area contributed by atoms with E-state index in [4.69, 9.17) is 9.15 Å². The highest BCUT2D eigenvalue weighted by Gasteiger charge is 2.18. The number of rotatable bonds is 11. The normalized spacial score (nSPS) is 15.3. The number of halogens is 1. The zero-order valence-corrected chi connectivity index (χ0v) is 18.4. The van der Waals surface area contributed by atoms with Crippen molar-refractivity contribution in [3.63, 3.8) is 0 Å². The number of para-hydroxylation sites is 1. The molecule has 1 saturated heterocycles. The number of hydrogen-bond acceptors (Lipinski definition) is 5. The fourth-order valence-corrected chi connectivity index (χ4v) is 3.60. The summed E-state index contributed by atoms with van der Waals surface area (Å²) >= 11 is 0. The molecule has 7 nitrogen and oxygen atoms in total. The molecule has 0 unspecified atom stereocenters. The summed E-state index contributed by atoms with van der Waals surface area (Å²) in [6.07, 6.45) is 3.59. The van der Waals surface area contributed by atoms with Crippen LogP contribution in [0, 0.1) is 5.82 Å². The highest BCUT2D eigenvalue weighted by atomic mass is 19.1. The second-order valence-corrected chi connectivity index (χ2v) is 7.54. The maximum atomic E-state index is 13.9. The van der Waals surface area contributed by atoms with E-state index < -0.39 is 0 Å². The minimum atomic E-state index is -0.136. The number of ether oxygens (including phenoxy) is 1. The van der Waals surface area contributed by atoms with Crippen LogP contribution in [0.1, 0.15) is 18.6 Å². The third kappa shape index (κ3) is 7.88. The first-order valence-electron chi connectivity index (χ1n) is 11.0. The molecule has 2 aromatic rings. The Labute approximate surface area is 184 Å². The first kappa shape index (κ1) is 23.1. The molecular formula is C23H34FN5O2. The van der Waals surface area contributed by atoms with E-state index in [-0.39, 0.29) is 5.82 Å². The van der Waals surface area contributed by atoms with Gasteiger partial charge in [0.25, 0.3) is 0 Å². The number of nitrogens with zero attached hydrogens (tertiary/aromatic N) is 3. The monoisotopic (exact) mass is 431 g/mol. The molecule has 1 fully saturated rings. The molecule has 1 aliphatic heterocycles. The molecule has 2 heterocycles. The van der Waals surface area contributed by atoms with E-state index in [2.05, 4.69) is 25.4 Å². The van der Waals surface area contributed by atoms with Crippen molar-refractivity contribution < 1.29 is 13.5 Å². The summed E-state index contributed by atoms with van der Waals surface area (Å²) < 4.78 is 24.8. The number of furan rings is 1. The summed E-state index contributed by atoms with van der Waals surface area (Å²) in [6, 6.07) is 10.8. The first-order valence-corrected chi connectivity index (χ1v) is 11.0. The number of aliphatic imine (C=N–C) groups is 1. The van der Waals surface area contributed by atoms with Crippen molar-refractivity contribution in [2.45, 2.75) is 19.4 Å². The number of anilines is 1. The minimum Gasteiger partial charge on any atom is -0.467 e. The summed E-state index contributed by atoms with van der Waals surface area (Å²) in [7, 11) is 1.78. The Balaban J connectivity index is 1.21. The average Bonchev–Trinajstić information content (AvgIpc) is 3.32. The van der Waals surface area contributed by atoms with E-state index >= 15 is 0 Å². The maximum Gasteiger partial charge on any atom is 0.190 e. The average molecular weight is 432 g/mol. The molecule has 2 N–H and O–H groups in total. The third-order valence-electron chi connectivity index (χ3n) is 5.31. The summed E-state index contributed by atoms with van der Waals surface area (Å²) in [5, 5.41) is 6.67. The Bertz CT molecular complexity index is 776. The molecule has 31 heavy (non-hydrogen) atoms. The fourth-order valence-electron chi connectivity index (χ4n) is 3.60. The minimum absolute atomic E-state index is 0.136. The molecule has 0 spiro atoms. The van der Waals surface area contributed by atoms with Crippen molar-refractivity contribution in [3.05, 3.63) is 54.2 Å². The van der Waals surface area contributed by atoms with Crippen molar-refractivity contribution in [1.29, 1.82) is 0 Å². The number of hydrogen-bond donors (Lipinski definition) is 2. The number of benzene rings is 1. The second kappa shape index (κ2) is 13.0. The molecule has 170 valence electrons. The molecule has 1 aromatic heterocycles. The van der Waals surface area contributed by atoms with Gasteiger partial charge in [0, 0.05) is 52.9 Å². The summed E-state index contributed by atoms with van der Waals surface area (Å²) in [6.45, 7) is 7.50. The van der Waals surface area contributed by atoms with Crippen molar-refractivity contribution >= 4 is 11.6 Å². The molecule has 1 aromatic carbocycles. The van der Waals surface area contributed by atoms with Crippen molar-refractivity contribution in [1.82, 2.24) is 15.5 Å². The van der Waals surface area contributed by atoms with Crippen LogP contribution in [0.4, 0.5) is 10.1 Å². The number of piperazine rings is 1. The lowest BCUT2D eigenvalue weighted by molar-refractivity contribution is 0.105. The van der Waals surface area contributed by atoms with Gasteiger partial charge in [-0.2, -0.15) is 0 Å². The summed E-state index contributed by atoms with van der Waals surface area (Å²) in [5.74, 6) is 1.53. The van der Waals surface area contributed by atoms with E-state index in [1.54, 1.807) is 19.4 Å². The Hall–Kier alpha value is -2.58. The van der Waals surface area contributed by atoms with Gasteiger partial charge in [-0.05, 0) is 43.7 Å². The van der Waals surface area contributed by atoms with Crippen LogP contribution in [0.3, 0.4) is 0 Å². The maximum absolute atomic E-state index is 13.9. The highest BCUT2D eigenvalue weighted by molar-refractivity contribution is 5.79. The first-order chi connectivity index (χ1) is 15.3. The van der Waals surface area contributed by atoms with E-state index in [0.29, 0.717) is 18.9 Å². The lowest BCUT2D eigenvalue weighted by Crippen LogP contribution is -2.47. The standard InChI is InChI=1S/C23H34FN5O2/c1-25-23(27-11-6-17-30-19-20-7-4-18-31-20)26-10-5-12-28-13-15-29(16-14-28)22-9-3-2-8-21(22)24/h2-4,7-9,18H,5-6,10-17,19H2,1H3,(H2,25,26,27). The molecule has 0 aliphatic carbocycles. The largest absolute Gasteiger partial charge is 0.467 e. The lowest BCUT2D eigenvalue weighted by atomic mass is 10.2. The van der Waals surface area contributed by atoms with Crippen molar-refractivity contribution in [2.75, 3.05) is 64.4 Å². The second-order valence-electron chi connectivity index (χ2n) is 7.54. The molecule has 0 atom stereocenters. The van der Waals surface area contributed by atoms with E-state index in [1.165, 1.54) is 6.07 Å². The van der Waals surface area contributed by atoms with Gasteiger partial charge in [-0.3, -0.25) is 9.89 Å². The predicted octanol–water partition coefficient (Wildman–Crippen LogP) is 2.70. The van der Waals surface area contributed by atoms with Crippen LogP contribution in [0.2, 0.25) is 0 Å². The van der Waals surface area contributed by atoms with Crippen LogP contribution in [0.25, 0.3) is 0 Å². The molecule has 0 bridgehead atoms. The molecular weight excluding hydrogens is 397 g/mol. The Kier molecular flexibility index (Phi) is 9.66. The van der Waals surface area contributed by atoms with Crippen molar-refractivity contribution in [3.8, 4) is 0 Å². The molecule has 0 saturated carbocycles. The van der Waals surface area contributed by atoms with Gasteiger partial charge >= 0.3 is 0 Å². The van der Waals surface area contributed by atoms with Gasteiger partial charge in [-0.15, -0.1) is 0 Å². The fraction of sp³-hybridized carbons (Fsp3) is 0.522.